The minimum absolute atomic E-state index is 0.0430. The molecule has 1 heterocycles. The van der Waals surface area contributed by atoms with Gasteiger partial charge in [-0.05, 0) is 41.7 Å². The zero-order valence-corrected chi connectivity index (χ0v) is 13.4. The maximum atomic E-state index is 12.4. The van der Waals surface area contributed by atoms with Crippen LogP contribution < -0.4 is 4.74 Å². The van der Waals surface area contributed by atoms with E-state index in [1.54, 1.807) is 0 Å². The summed E-state index contributed by atoms with van der Waals surface area (Å²) in [5.74, 6) is 0.996. The number of ether oxygens (including phenoxy) is 1. The monoisotopic (exact) mass is 292 g/mol. The van der Waals surface area contributed by atoms with Gasteiger partial charge in [-0.1, -0.05) is 56.7 Å². The van der Waals surface area contributed by atoms with Gasteiger partial charge in [-0.3, -0.25) is 4.79 Å². The molecule has 2 nitrogen and oxygen atoms in total. The number of benzene rings is 2. The molecule has 112 valence electrons. The molecule has 2 heteroatoms. The fourth-order valence-corrected chi connectivity index (χ4v) is 2.53. The Labute approximate surface area is 131 Å². The minimum Gasteiger partial charge on any atom is -0.452 e. The lowest BCUT2D eigenvalue weighted by Gasteiger charge is -2.18. The molecule has 0 atom stereocenters. The number of fused-ring (bicyclic) bond motifs is 1. The Morgan fingerprint density at radius 3 is 2.32 bits per heavy atom. The van der Waals surface area contributed by atoms with Crippen LogP contribution >= 0.6 is 0 Å². The van der Waals surface area contributed by atoms with E-state index in [4.69, 9.17) is 4.74 Å². The van der Waals surface area contributed by atoms with Gasteiger partial charge in [-0.15, -0.1) is 0 Å². The van der Waals surface area contributed by atoms with E-state index in [0.29, 0.717) is 17.1 Å². The number of rotatable bonds is 1. The van der Waals surface area contributed by atoms with Gasteiger partial charge in [-0.25, -0.2) is 0 Å². The Balaban J connectivity index is 1.90. The molecule has 0 amide bonds. The molecule has 2 aromatic rings. The van der Waals surface area contributed by atoms with Gasteiger partial charge in [0.1, 0.15) is 5.75 Å². The number of aryl methyl sites for hydroxylation is 1. The zero-order valence-electron chi connectivity index (χ0n) is 13.4. The fourth-order valence-electron chi connectivity index (χ4n) is 2.53. The van der Waals surface area contributed by atoms with Crippen LogP contribution in [0.25, 0.3) is 6.08 Å². The average molecular weight is 292 g/mol. The number of carbonyl (C=O) groups excluding carboxylic acids is 1. The average Bonchev–Trinajstić information content (AvgIpc) is 2.75. The molecule has 0 aliphatic carbocycles. The molecule has 0 fully saturated rings. The Kier molecular flexibility index (Phi) is 3.40. The highest BCUT2D eigenvalue weighted by Crippen LogP contribution is 2.32. The molecule has 0 saturated carbocycles. The van der Waals surface area contributed by atoms with Crippen LogP contribution in [-0.2, 0) is 5.41 Å². The van der Waals surface area contributed by atoms with Crippen LogP contribution in [0.3, 0.4) is 0 Å². The third-order valence-electron chi connectivity index (χ3n) is 3.90. The van der Waals surface area contributed by atoms with Gasteiger partial charge in [0.05, 0.1) is 5.56 Å². The van der Waals surface area contributed by atoms with Crippen molar-refractivity contribution < 1.29 is 9.53 Å². The molecule has 0 aromatic heterocycles. The summed E-state index contributed by atoms with van der Waals surface area (Å²) in [6.45, 7) is 8.52. The van der Waals surface area contributed by atoms with E-state index >= 15 is 0 Å². The van der Waals surface area contributed by atoms with Gasteiger partial charge in [-0.2, -0.15) is 0 Å². The van der Waals surface area contributed by atoms with Crippen LogP contribution in [0.2, 0.25) is 0 Å². The lowest BCUT2D eigenvalue weighted by molar-refractivity contribution is 0.101. The molecule has 0 radical (unpaired) electrons. The van der Waals surface area contributed by atoms with Crippen LogP contribution in [-0.4, -0.2) is 5.78 Å². The van der Waals surface area contributed by atoms with Gasteiger partial charge >= 0.3 is 0 Å². The van der Waals surface area contributed by atoms with Crippen molar-refractivity contribution in [3.05, 3.63) is 70.5 Å². The normalized spacial score (nSPS) is 15.8. The summed E-state index contributed by atoms with van der Waals surface area (Å²) >= 11 is 0. The Morgan fingerprint density at radius 1 is 1.00 bits per heavy atom. The molecule has 1 aliphatic heterocycles. The summed E-state index contributed by atoms with van der Waals surface area (Å²) in [7, 11) is 0. The van der Waals surface area contributed by atoms with E-state index in [1.807, 2.05) is 43.3 Å². The highest BCUT2D eigenvalue weighted by molar-refractivity contribution is 6.14. The van der Waals surface area contributed by atoms with E-state index < -0.39 is 0 Å². The quantitative estimate of drug-likeness (QED) is 0.698. The number of carbonyl (C=O) groups is 1. The number of allylic oxidation sites excluding steroid dienone is 1. The van der Waals surface area contributed by atoms with Gasteiger partial charge in [0.15, 0.2) is 5.76 Å². The maximum absolute atomic E-state index is 12.4. The largest absolute Gasteiger partial charge is 0.452 e. The molecule has 1 aliphatic rings. The topological polar surface area (TPSA) is 26.3 Å². The van der Waals surface area contributed by atoms with Gasteiger partial charge in [0.25, 0.3) is 0 Å². The molecule has 0 unspecified atom stereocenters. The van der Waals surface area contributed by atoms with Crippen LogP contribution in [0.1, 0.15) is 47.8 Å². The molecule has 22 heavy (non-hydrogen) atoms. The number of ketones is 1. The van der Waals surface area contributed by atoms with Crippen LogP contribution in [0.15, 0.2) is 48.2 Å². The Hall–Kier alpha value is -2.35. The van der Waals surface area contributed by atoms with Crippen molar-refractivity contribution in [2.75, 3.05) is 0 Å². The first-order valence-electron chi connectivity index (χ1n) is 7.50. The Bertz CT molecular complexity index is 759. The third kappa shape index (κ3) is 2.69. The van der Waals surface area contributed by atoms with E-state index in [2.05, 4.69) is 32.9 Å². The van der Waals surface area contributed by atoms with E-state index in [1.165, 1.54) is 5.56 Å². The summed E-state index contributed by atoms with van der Waals surface area (Å²) in [6, 6.07) is 13.9. The summed E-state index contributed by atoms with van der Waals surface area (Å²) in [6.07, 6.45) is 1.81. The van der Waals surface area contributed by atoms with E-state index in [-0.39, 0.29) is 11.2 Å². The smallest absolute Gasteiger partial charge is 0.231 e. The van der Waals surface area contributed by atoms with Crippen molar-refractivity contribution in [2.45, 2.75) is 33.1 Å². The van der Waals surface area contributed by atoms with Crippen molar-refractivity contribution in [2.24, 2.45) is 0 Å². The first-order valence-corrected chi connectivity index (χ1v) is 7.50. The van der Waals surface area contributed by atoms with Crippen molar-refractivity contribution in [3.63, 3.8) is 0 Å². The fraction of sp³-hybridized carbons (Fsp3) is 0.250. The van der Waals surface area contributed by atoms with Crippen LogP contribution in [0.5, 0.6) is 5.75 Å². The second-order valence-corrected chi connectivity index (χ2v) is 6.81. The summed E-state index contributed by atoms with van der Waals surface area (Å²) in [5, 5.41) is 0. The lowest BCUT2D eigenvalue weighted by atomic mass is 9.86. The predicted octanol–water partition coefficient (Wildman–Crippen LogP) is 4.91. The van der Waals surface area contributed by atoms with Crippen molar-refractivity contribution in [1.82, 2.24) is 0 Å². The number of hydrogen-bond acceptors (Lipinski definition) is 2. The molecule has 0 N–H and O–H groups in total. The lowest BCUT2D eigenvalue weighted by Crippen LogP contribution is -2.10. The standard InChI is InChI=1S/C20H20O2/c1-13-5-10-17-16(11-13)19(21)18(22-17)12-14-6-8-15(9-7-14)20(2,3)4/h5-12H,1-4H3/b18-12+. The first-order chi connectivity index (χ1) is 10.3. The zero-order chi connectivity index (χ0) is 15.9. The maximum Gasteiger partial charge on any atom is 0.231 e. The minimum atomic E-state index is -0.0430. The van der Waals surface area contributed by atoms with Gasteiger partial charge in [0, 0.05) is 0 Å². The summed E-state index contributed by atoms with van der Waals surface area (Å²) < 4.78 is 5.69. The van der Waals surface area contributed by atoms with E-state index in [9.17, 15) is 4.79 Å². The molecule has 0 spiro atoms. The molecular weight excluding hydrogens is 272 g/mol. The van der Waals surface area contributed by atoms with Crippen LogP contribution in [0.4, 0.5) is 0 Å². The van der Waals surface area contributed by atoms with E-state index in [0.717, 1.165) is 11.1 Å². The number of Topliss-reactive ketones (excluding diaryl/α,β-unsaturated/α-hetero) is 1. The van der Waals surface area contributed by atoms with Crippen molar-refractivity contribution in [3.8, 4) is 5.75 Å². The third-order valence-corrected chi connectivity index (χ3v) is 3.90. The number of hydrogen-bond donors (Lipinski definition) is 0. The molecule has 0 saturated heterocycles. The summed E-state index contributed by atoms with van der Waals surface area (Å²) in [4.78, 5) is 12.4. The van der Waals surface area contributed by atoms with Crippen molar-refractivity contribution >= 4 is 11.9 Å². The molecule has 0 bridgehead atoms. The molecular formula is C20H20O2. The van der Waals surface area contributed by atoms with Crippen molar-refractivity contribution in [1.29, 1.82) is 0 Å². The van der Waals surface area contributed by atoms with Gasteiger partial charge < -0.3 is 4.74 Å². The van der Waals surface area contributed by atoms with Crippen LogP contribution in [0, 0.1) is 6.92 Å². The highest BCUT2D eigenvalue weighted by Gasteiger charge is 2.27. The summed E-state index contributed by atoms with van der Waals surface area (Å²) in [5.41, 5.74) is 4.08. The molecule has 2 aromatic carbocycles. The first kappa shape index (κ1) is 14.6. The highest BCUT2D eigenvalue weighted by atomic mass is 16.5. The molecule has 3 rings (SSSR count). The predicted molar refractivity (Wildman–Crippen MR) is 89.3 cm³/mol. The Morgan fingerprint density at radius 2 is 1.68 bits per heavy atom. The second kappa shape index (κ2) is 5.13. The van der Waals surface area contributed by atoms with Gasteiger partial charge in [0.2, 0.25) is 5.78 Å². The second-order valence-electron chi connectivity index (χ2n) is 6.81. The SMILES string of the molecule is Cc1ccc2c(c1)C(=O)/C(=C\c1ccc(C(C)(C)C)cc1)O2.